The van der Waals surface area contributed by atoms with Crippen LogP contribution in [0.1, 0.15) is 24.0 Å². The van der Waals surface area contributed by atoms with Gasteiger partial charge in [-0.1, -0.05) is 24.3 Å². The van der Waals surface area contributed by atoms with E-state index in [1.807, 2.05) is 18.2 Å². The van der Waals surface area contributed by atoms with E-state index in [0.29, 0.717) is 13.0 Å². The molecule has 1 aromatic rings. The van der Waals surface area contributed by atoms with Gasteiger partial charge >= 0.3 is 5.97 Å². The number of ether oxygens (including phenoxy) is 1. The van der Waals surface area contributed by atoms with E-state index < -0.39 is 12.0 Å². The number of carboxylic acid groups (broad SMARTS) is 1. The van der Waals surface area contributed by atoms with Crippen molar-refractivity contribution < 1.29 is 14.6 Å². The van der Waals surface area contributed by atoms with Gasteiger partial charge in [0, 0.05) is 19.2 Å². The molecule has 0 bridgehead atoms. The SMILES string of the molecule is O=C(O)C1Cc2ccccc2CN1C1CCCOC1. The zero-order valence-electron chi connectivity index (χ0n) is 10.9. The zero-order valence-corrected chi connectivity index (χ0v) is 10.9. The van der Waals surface area contributed by atoms with Crippen LogP contribution < -0.4 is 0 Å². The van der Waals surface area contributed by atoms with Gasteiger partial charge in [-0.3, -0.25) is 9.69 Å². The smallest absolute Gasteiger partial charge is 0.321 e. The fourth-order valence-electron chi connectivity index (χ4n) is 3.14. The zero-order chi connectivity index (χ0) is 13.2. The molecule has 0 radical (unpaired) electrons. The normalized spacial score (nSPS) is 27.8. The number of benzene rings is 1. The lowest BCUT2D eigenvalue weighted by atomic mass is 9.91. The molecular weight excluding hydrogens is 242 g/mol. The summed E-state index contributed by atoms with van der Waals surface area (Å²) in [6, 6.07) is 7.97. The summed E-state index contributed by atoms with van der Waals surface area (Å²) in [7, 11) is 0. The Morgan fingerprint density at radius 3 is 2.79 bits per heavy atom. The molecule has 0 spiro atoms. The Hall–Kier alpha value is -1.39. The quantitative estimate of drug-likeness (QED) is 0.880. The van der Waals surface area contributed by atoms with Crippen LogP contribution in [-0.2, 0) is 22.5 Å². The Labute approximate surface area is 113 Å². The van der Waals surface area contributed by atoms with Crippen LogP contribution in [0.25, 0.3) is 0 Å². The highest BCUT2D eigenvalue weighted by atomic mass is 16.5. The van der Waals surface area contributed by atoms with Gasteiger partial charge in [0.2, 0.25) is 0 Å². The number of fused-ring (bicyclic) bond motifs is 1. The summed E-state index contributed by atoms with van der Waals surface area (Å²) in [5, 5.41) is 9.48. The Balaban J connectivity index is 1.86. The molecule has 1 fully saturated rings. The summed E-state index contributed by atoms with van der Waals surface area (Å²) in [4.78, 5) is 13.6. The molecular formula is C15H19NO3. The van der Waals surface area contributed by atoms with Crippen LogP contribution in [0.4, 0.5) is 0 Å². The van der Waals surface area contributed by atoms with Gasteiger partial charge in [-0.2, -0.15) is 0 Å². The topological polar surface area (TPSA) is 49.8 Å². The van der Waals surface area contributed by atoms with Gasteiger partial charge in [0.05, 0.1) is 6.61 Å². The number of rotatable bonds is 2. The molecule has 4 nitrogen and oxygen atoms in total. The Bertz CT molecular complexity index is 468. The number of aliphatic carboxylic acids is 1. The highest BCUT2D eigenvalue weighted by molar-refractivity contribution is 5.74. The van der Waals surface area contributed by atoms with Crippen molar-refractivity contribution in [1.29, 1.82) is 0 Å². The number of hydrogen-bond acceptors (Lipinski definition) is 3. The third-order valence-corrected chi connectivity index (χ3v) is 4.18. The van der Waals surface area contributed by atoms with E-state index >= 15 is 0 Å². The first-order valence-corrected chi connectivity index (χ1v) is 6.89. The summed E-state index contributed by atoms with van der Waals surface area (Å²) >= 11 is 0. The van der Waals surface area contributed by atoms with Gasteiger partial charge in [0.15, 0.2) is 0 Å². The van der Waals surface area contributed by atoms with E-state index in [1.165, 1.54) is 11.1 Å². The molecule has 102 valence electrons. The number of carboxylic acids is 1. The van der Waals surface area contributed by atoms with E-state index in [9.17, 15) is 9.90 Å². The lowest BCUT2D eigenvalue weighted by Gasteiger charge is -2.41. The number of hydrogen-bond donors (Lipinski definition) is 1. The van der Waals surface area contributed by atoms with Gasteiger partial charge in [0.25, 0.3) is 0 Å². The van der Waals surface area contributed by atoms with Gasteiger partial charge in [-0.05, 0) is 30.4 Å². The lowest BCUT2D eigenvalue weighted by molar-refractivity contribution is -0.146. The Morgan fingerprint density at radius 2 is 2.11 bits per heavy atom. The predicted octanol–water partition coefficient (Wildman–Crippen LogP) is 1.68. The maximum absolute atomic E-state index is 11.5. The maximum Gasteiger partial charge on any atom is 0.321 e. The average molecular weight is 261 g/mol. The lowest BCUT2D eigenvalue weighted by Crippen LogP contribution is -2.53. The van der Waals surface area contributed by atoms with E-state index in [-0.39, 0.29) is 6.04 Å². The Kier molecular flexibility index (Phi) is 3.53. The standard InChI is InChI=1S/C15H19NO3/c17-15(18)14-8-11-4-1-2-5-12(11)9-16(14)13-6-3-7-19-10-13/h1-2,4-5,13-14H,3,6-10H2,(H,17,18). The second kappa shape index (κ2) is 5.31. The molecule has 4 heteroatoms. The van der Waals surface area contributed by atoms with Crippen LogP contribution >= 0.6 is 0 Å². The van der Waals surface area contributed by atoms with Crippen LogP contribution in [0.15, 0.2) is 24.3 Å². The minimum atomic E-state index is -0.722. The van der Waals surface area contributed by atoms with Crippen LogP contribution in [0.2, 0.25) is 0 Å². The minimum Gasteiger partial charge on any atom is -0.480 e. The average Bonchev–Trinajstić information content (AvgIpc) is 2.46. The summed E-state index contributed by atoms with van der Waals surface area (Å²) < 4.78 is 5.52. The summed E-state index contributed by atoms with van der Waals surface area (Å²) in [6.45, 7) is 2.19. The summed E-state index contributed by atoms with van der Waals surface area (Å²) in [5.74, 6) is -0.722. The maximum atomic E-state index is 11.5. The second-order valence-electron chi connectivity index (χ2n) is 5.37. The van der Waals surface area contributed by atoms with E-state index in [0.717, 1.165) is 26.0 Å². The van der Waals surface area contributed by atoms with E-state index in [4.69, 9.17) is 4.74 Å². The van der Waals surface area contributed by atoms with Crippen molar-refractivity contribution >= 4 is 5.97 Å². The van der Waals surface area contributed by atoms with Crippen molar-refractivity contribution in [3.05, 3.63) is 35.4 Å². The highest BCUT2D eigenvalue weighted by Crippen LogP contribution is 2.27. The summed E-state index contributed by atoms with van der Waals surface area (Å²) in [6.07, 6.45) is 2.66. The van der Waals surface area contributed by atoms with E-state index in [2.05, 4.69) is 11.0 Å². The van der Waals surface area contributed by atoms with Crippen molar-refractivity contribution in [3.8, 4) is 0 Å². The van der Waals surface area contributed by atoms with Gasteiger partial charge < -0.3 is 9.84 Å². The largest absolute Gasteiger partial charge is 0.480 e. The molecule has 0 aromatic heterocycles. The molecule has 1 aromatic carbocycles. The molecule has 1 saturated heterocycles. The molecule has 2 unspecified atom stereocenters. The fraction of sp³-hybridized carbons (Fsp3) is 0.533. The molecule has 2 aliphatic rings. The highest BCUT2D eigenvalue weighted by Gasteiger charge is 2.36. The van der Waals surface area contributed by atoms with Crippen LogP contribution in [0.5, 0.6) is 0 Å². The minimum absolute atomic E-state index is 0.239. The van der Waals surface area contributed by atoms with Gasteiger partial charge in [-0.25, -0.2) is 0 Å². The fourth-order valence-corrected chi connectivity index (χ4v) is 3.14. The molecule has 3 rings (SSSR count). The van der Waals surface area contributed by atoms with Crippen molar-refractivity contribution in [1.82, 2.24) is 4.90 Å². The monoisotopic (exact) mass is 261 g/mol. The van der Waals surface area contributed by atoms with E-state index in [1.54, 1.807) is 0 Å². The summed E-state index contributed by atoms with van der Waals surface area (Å²) in [5.41, 5.74) is 2.42. The molecule has 19 heavy (non-hydrogen) atoms. The first-order chi connectivity index (χ1) is 9.25. The second-order valence-corrected chi connectivity index (χ2v) is 5.37. The third kappa shape index (κ3) is 2.51. The van der Waals surface area contributed by atoms with Crippen molar-refractivity contribution in [2.75, 3.05) is 13.2 Å². The molecule has 2 atom stereocenters. The first kappa shape index (κ1) is 12.6. The molecule has 0 saturated carbocycles. The van der Waals surface area contributed by atoms with Gasteiger partial charge in [0.1, 0.15) is 6.04 Å². The van der Waals surface area contributed by atoms with Crippen molar-refractivity contribution in [2.45, 2.75) is 37.9 Å². The van der Waals surface area contributed by atoms with Crippen molar-refractivity contribution in [3.63, 3.8) is 0 Å². The Morgan fingerprint density at radius 1 is 1.32 bits per heavy atom. The van der Waals surface area contributed by atoms with Gasteiger partial charge in [-0.15, -0.1) is 0 Å². The van der Waals surface area contributed by atoms with Crippen LogP contribution in [0, 0.1) is 0 Å². The molecule has 0 amide bonds. The predicted molar refractivity (Wildman–Crippen MR) is 71.0 cm³/mol. The first-order valence-electron chi connectivity index (χ1n) is 6.89. The number of carbonyl (C=O) groups is 1. The molecule has 0 aliphatic carbocycles. The molecule has 2 aliphatic heterocycles. The third-order valence-electron chi connectivity index (χ3n) is 4.18. The van der Waals surface area contributed by atoms with Crippen LogP contribution in [-0.4, -0.2) is 41.3 Å². The molecule has 1 N–H and O–H groups in total. The number of nitrogens with zero attached hydrogens (tertiary/aromatic N) is 1. The van der Waals surface area contributed by atoms with Crippen LogP contribution in [0.3, 0.4) is 0 Å². The van der Waals surface area contributed by atoms with Crippen molar-refractivity contribution in [2.24, 2.45) is 0 Å². The molecule has 2 heterocycles.